The third kappa shape index (κ3) is 4.05. The van der Waals surface area contributed by atoms with Crippen molar-refractivity contribution in [3.63, 3.8) is 0 Å². The van der Waals surface area contributed by atoms with Crippen molar-refractivity contribution in [1.82, 2.24) is 9.80 Å². The number of nitrogens with zero attached hydrogens (tertiary/aromatic N) is 2. The molecule has 0 amide bonds. The third-order valence-corrected chi connectivity index (χ3v) is 4.01. The molecule has 1 aliphatic heterocycles. The van der Waals surface area contributed by atoms with Crippen LogP contribution in [0.2, 0.25) is 0 Å². The van der Waals surface area contributed by atoms with Crippen LogP contribution in [0.4, 0.5) is 0 Å². The maximum Gasteiger partial charge on any atom is 0.304 e. The molecule has 0 aromatic heterocycles. The predicted octanol–water partition coefficient (Wildman–Crippen LogP) is 2.06. The Kier molecular flexibility index (Phi) is 4.78. The number of aliphatic carboxylic acids is 1. The van der Waals surface area contributed by atoms with Gasteiger partial charge in [0.1, 0.15) is 0 Å². The van der Waals surface area contributed by atoms with E-state index < -0.39 is 5.97 Å². The third-order valence-electron chi connectivity index (χ3n) is 4.01. The molecule has 1 aliphatic rings. The zero-order chi connectivity index (χ0) is 14.6. The van der Waals surface area contributed by atoms with Crippen molar-refractivity contribution >= 4 is 5.97 Å². The second kappa shape index (κ2) is 6.37. The number of carbonyl (C=O) groups is 1. The average Bonchev–Trinajstić information content (AvgIpc) is 2.40. The molecule has 1 fully saturated rings. The van der Waals surface area contributed by atoms with Crippen molar-refractivity contribution in [2.75, 3.05) is 26.2 Å². The Hall–Kier alpha value is -1.39. The van der Waals surface area contributed by atoms with E-state index in [-0.39, 0.29) is 12.0 Å². The van der Waals surface area contributed by atoms with Gasteiger partial charge in [-0.1, -0.05) is 30.3 Å². The summed E-state index contributed by atoms with van der Waals surface area (Å²) in [6, 6.07) is 10.5. The van der Waals surface area contributed by atoms with Crippen LogP contribution in [0.15, 0.2) is 30.3 Å². The Morgan fingerprint density at radius 1 is 1.25 bits per heavy atom. The zero-order valence-electron chi connectivity index (χ0n) is 12.4. The van der Waals surface area contributed by atoms with Gasteiger partial charge >= 0.3 is 5.97 Å². The number of hydrogen-bond donors (Lipinski definition) is 1. The van der Waals surface area contributed by atoms with Crippen LogP contribution in [0.3, 0.4) is 0 Å². The predicted molar refractivity (Wildman–Crippen MR) is 79.6 cm³/mol. The van der Waals surface area contributed by atoms with Gasteiger partial charge in [-0.05, 0) is 19.4 Å². The monoisotopic (exact) mass is 276 g/mol. The summed E-state index contributed by atoms with van der Waals surface area (Å²) in [6.45, 7) is 8.95. The number of rotatable bonds is 5. The molecule has 0 spiro atoms. The molecule has 0 bridgehead atoms. The summed E-state index contributed by atoms with van der Waals surface area (Å²) in [5, 5.41) is 8.78. The van der Waals surface area contributed by atoms with Gasteiger partial charge in [0, 0.05) is 38.3 Å². The summed E-state index contributed by atoms with van der Waals surface area (Å²) in [5.74, 6) is -0.713. The second-order valence-electron chi connectivity index (χ2n) is 6.14. The Balaban J connectivity index is 1.92. The van der Waals surface area contributed by atoms with E-state index in [2.05, 4.69) is 47.9 Å². The van der Waals surface area contributed by atoms with E-state index in [0.717, 1.165) is 26.2 Å². The summed E-state index contributed by atoms with van der Waals surface area (Å²) < 4.78 is 0. The van der Waals surface area contributed by atoms with Crippen LogP contribution in [0.5, 0.6) is 0 Å². The lowest BCUT2D eigenvalue weighted by Gasteiger charge is -2.47. The molecule has 1 saturated heterocycles. The standard InChI is InChI=1S/C16H24N2O2/c1-16(2)13-17(9-8-15(19)20)10-11-18(16)12-14-6-4-3-5-7-14/h3-7H,8-13H2,1-2H3,(H,19,20). The molecule has 0 radical (unpaired) electrons. The summed E-state index contributed by atoms with van der Waals surface area (Å²) in [4.78, 5) is 15.4. The van der Waals surface area contributed by atoms with E-state index in [1.807, 2.05) is 6.07 Å². The minimum absolute atomic E-state index is 0.0760. The van der Waals surface area contributed by atoms with Crippen LogP contribution in [0.1, 0.15) is 25.8 Å². The van der Waals surface area contributed by atoms with Gasteiger partial charge in [-0.2, -0.15) is 0 Å². The van der Waals surface area contributed by atoms with Gasteiger partial charge in [0.2, 0.25) is 0 Å². The Morgan fingerprint density at radius 2 is 1.95 bits per heavy atom. The van der Waals surface area contributed by atoms with Crippen molar-refractivity contribution < 1.29 is 9.90 Å². The van der Waals surface area contributed by atoms with E-state index >= 15 is 0 Å². The molecule has 0 aliphatic carbocycles. The minimum atomic E-state index is -0.713. The molecule has 110 valence electrons. The lowest BCUT2D eigenvalue weighted by molar-refractivity contribution is -0.137. The van der Waals surface area contributed by atoms with E-state index in [0.29, 0.717) is 6.54 Å². The molecular weight excluding hydrogens is 252 g/mol. The highest BCUT2D eigenvalue weighted by atomic mass is 16.4. The van der Waals surface area contributed by atoms with Gasteiger partial charge in [0.25, 0.3) is 0 Å². The maximum absolute atomic E-state index is 10.7. The zero-order valence-corrected chi connectivity index (χ0v) is 12.4. The van der Waals surface area contributed by atoms with Crippen molar-refractivity contribution in [2.45, 2.75) is 32.4 Å². The largest absolute Gasteiger partial charge is 0.481 e. The van der Waals surface area contributed by atoms with E-state index in [1.54, 1.807) is 0 Å². The molecule has 1 N–H and O–H groups in total. The first-order valence-corrected chi connectivity index (χ1v) is 7.20. The Morgan fingerprint density at radius 3 is 2.55 bits per heavy atom. The second-order valence-corrected chi connectivity index (χ2v) is 6.14. The number of hydrogen-bond acceptors (Lipinski definition) is 3. The number of carboxylic acid groups (broad SMARTS) is 1. The molecule has 2 rings (SSSR count). The van der Waals surface area contributed by atoms with E-state index in [9.17, 15) is 4.79 Å². The van der Waals surface area contributed by atoms with Crippen molar-refractivity contribution in [2.24, 2.45) is 0 Å². The molecule has 1 aromatic carbocycles. The summed E-state index contributed by atoms with van der Waals surface area (Å²) in [7, 11) is 0. The fourth-order valence-electron chi connectivity index (χ4n) is 2.83. The molecule has 4 nitrogen and oxygen atoms in total. The van der Waals surface area contributed by atoms with Gasteiger partial charge in [0.15, 0.2) is 0 Å². The van der Waals surface area contributed by atoms with Crippen molar-refractivity contribution in [1.29, 1.82) is 0 Å². The SMILES string of the molecule is CC1(C)CN(CCC(=O)O)CCN1Cc1ccccc1. The first kappa shape index (κ1) is 15.0. The highest BCUT2D eigenvalue weighted by molar-refractivity contribution is 5.66. The minimum Gasteiger partial charge on any atom is -0.481 e. The first-order chi connectivity index (χ1) is 9.47. The highest BCUT2D eigenvalue weighted by Gasteiger charge is 2.33. The molecule has 4 heteroatoms. The Bertz CT molecular complexity index is 445. The number of carboxylic acids is 1. The lowest BCUT2D eigenvalue weighted by atomic mass is 9.97. The molecule has 0 unspecified atom stereocenters. The van der Waals surface area contributed by atoms with Gasteiger partial charge in [-0.25, -0.2) is 0 Å². The summed E-state index contributed by atoms with van der Waals surface area (Å²) in [6.07, 6.45) is 0.231. The van der Waals surface area contributed by atoms with Crippen LogP contribution >= 0.6 is 0 Å². The lowest BCUT2D eigenvalue weighted by Crippen LogP contribution is -2.58. The van der Waals surface area contributed by atoms with Crippen molar-refractivity contribution in [3.8, 4) is 0 Å². The molecule has 20 heavy (non-hydrogen) atoms. The number of benzene rings is 1. The van der Waals surface area contributed by atoms with Crippen LogP contribution < -0.4 is 0 Å². The summed E-state index contributed by atoms with van der Waals surface area (Å²) >= 11 is 0. The molecule has 0 saturated carbocycles. The molecule has 1 aromatic rings. The van der Waals surface area contributed by atoms with Gasteiger partial charge in [0.05, 0.1) is 6.42 Å². The van der Waals surface area contributed by atoms with Crippen LogP contribution in [0, 0.1) is 0 Å². The number of piperazine rings is 1. The topological polar surface area (TPSA) is 43.8 Å². The molecule has 0 atom stereocenters. The smallest absolute Gasteiger partial charge is 0.304 e. The summed E-state index contributed by atoms with van der Waals surface area (Å²) in [5.41, 5.74) is 1.41. The quantitative estimate of drug-likeness (QED) is 0.894. The van der Waals surface area contributed by atoms with Crippen LogP contribution in [0.25, 0.3) is 0 Å². The Labute approximate surface area is 121 Å². The maximum atomic E-state index is 10.7. The fourth-order valence-corrected chi connectivity index (χ4v) is 2.83. The normalized spacial score (nSPS) is 19.9. The van der Waals surface area contributed by atoms with E-state index in [1.165, 1.54) is 5.56 Å². The molecule has 1 heterocycles. The average molecular weight is 276 g/mol. The van der Waals surface area contributed by atoms with Crippen molar-refractivity contribution in [3.05, 3.63) is 35.9 Å². The fraction of sp³-hybridized carbons (Fsp3) is 0.562. The van der Waals surface area contributed by atoms with Crippen LogP contribution in [-0.4, -0.2) is 52.6 Å². The van der Waals surface area contributed by atoms with E-state index in [4.69, 9.17) is 5.11 Å². The van der Waals surface area contributed by atoms with Gasteiger partial charge in [-0.3, -0.25) is 14.6 Å². The van der Waals surface area contributed by atoms with Gasteiger partial charge < -0.3 is 5.11 Å². The van der Waals surface area contributed by atoms with Crippen LogP contribution in [-0.2, 0) is 11.3 Å². The molecular formula is C16H24N2O2. The highest BCUT2D eigenvalue weighted by Crippen LogP contribution is 2.23. The van der Waals surface area contributed by atoms with Gasteiger partial charge in [-0.15, -0.1) is 0 Å². The first-order valence-electron chi connectivity index (χ1n) is 7.20.